The van der Waals surface area contributed by atoms with Gasteiger partial charge in [0.25, 0.3) is 0 Å². The number of carbonyl (C=O) groups excluding carboxylic acids is 2. The summed E-state index contributed by atoms with van der Waals surface area (Å²) in [7, 11) is 0. The van der Waals surface area contributed by atoms with Crippen LogP contribution in [0, 0.1) is 37.5 Å². The minimum absolute atomic E-state index is 0.0433. The van der Waals surface area contributed by atoms with E-state index in [0.717, 1.165) is 27.7 Å². The Morgan fingerprint density at radius 2 is 2.00 bits per heavy atom. The SMILES string of the molecule is Cc1c(Br)ccc(NC(=O)[C@@H]2[C@H]3C[C@H]4[C@H](OC(=O)[C@H]42)[C@@H]3Br)c1C. The molecular formula is C17H17Br2NO3. The topological polar surface area (TPSA) is 55.4 Å². The molecule has 23 heavy (non-hydrogen) atoms. The summed E-state index contributed by atoms with van der Waals surface area (Å²) in [6.45, 7) is 4.00. The lowest BCUT2D eigenvalue weighted by Crippen LogP contribution is -2.40. The molecule has 6 heteroatoms. The number of nitrogens with one attached hydrogen (secondary N) is 1. The fraction of sp³-hybridized carbons (Fsp3) is 0.529. The van der Waals surface area contributed by atoms with E-state index in [1.807, 2.05) is 26.0 Å². The smallest absolute Gasteiger partial charge is 0.310 e. The predicted octanol–water partition coefficient (Wildman–Crippen LogP) is 3.58. The molecule has 1 aliphatic heterocycles. The summed E-state index contributed by atoms with van der Waals surface area (Å²) in [5.74, 6) is -0.448. The van der Waals surface area contributed by atoms with E-state index in [0.29, 0.717) is 0 Å². The molecule has 1 saturated heterocycles. The van der Waals surface area contributed by atoms with Crippen LogP contribution < -0.4 is 5.32 Å². The van der Waals surface area contributed by atoms with Crippen molar-refractivity contribution in [2.75, 3.05) is 5.32 Å². The maximum absolute atomic E-state index is 12.9. The van der Waals surface area contributed by atoms with Gasteiger partial charge in [0.2, 0.25) is 5.91 Å². The quantitative estimate of drug-likeness (QED) is 0.562. The van der Waals surface area contributed by atoms with E-state index >= 15 is 0 Å². The van der Waals surface area contributed by atoms with Gasteiger partial charge in [0.1, 0.15) is 6.10 Å². The molecule has 0 spiro atoms. The third kappa shape index (κ3) is 2.14. The molecule has 2 aliphatic carbocycles. The summed E-state index contributed by atoms with van der Waals surface area (Å²) in [6, 6.07) is 3.84. The average molecular weight is 443 g/mol. The minimum atomic E-state index is -0.293. The number of ether oxygens (including phenoxy) is 1. The number of alkyl halides is 1. The molecule has 0 unspecified atom stereocenters. The van der Waals surface area contributed by atoms with Gasteiger partial charge in [0.15, 0.2) is 0 Å². The molecule has 1 heterocycles. The highest BCUT2D eigenvalue weighted by molar-refractivity contribution is 9.10. The van der Waals surface area contributed by atoms with Crippen molar-refractivity contribution in [2.24, 2.45) is 23.7 Å². The molecule has 2 bridgehead atoms. The Morgan fingerprint density at radius 1 is 1.26 bits per heavy atom. The Balaban J connectivity index is 1.61. The molecule has 1 N–H and O–H groups in total. The van der Waals surface area contributed by atoms with Gasteiger partial charge < -0.3 is 10.1 Å². The maximum atomic E-state index is 12.9. The summed E-state index contributed by atoms with van der Waals surface area (Å²) < 4.78 is 6.49. The average Bonchev–Trinajstić information content (AvgIpc) is 3.12. The standard InChI is InChI=1S/C17H17Br2NO3/c1-6-7(2)11(4-3-10(6)18)20-16(21)12-8-5-9-13(12)17(22)23-15(9)14(8)19/h3-4,8-9,12-15H,5H2,1-2H3,(H,20,21)/t8-,9-,12-,13-,14-,15+/m1/s1. The molecule has 122 valence electrons. The highest BCUT2D eigenvalue weighted by Crippen LogP contribution is 2.60. The second-order valence-corrected chi connectivity index (χ2v) is 8.71. The largest absolute Gasteiger partial charge is 0.461 e. The molecule has 0 radical (unpaired) electrons. The number of hydrogen-bond donors (Lipinski definition) is 1. The van der Waals surface area contributed by atoms with Crippen molar-refractivity contribution in [3.8, 4) is 0 Å². The first-order valence-electron chi connectivity index (χ1n) is 7.81. The van der Waals surface area contributed by atoms with Gasteiger partial charge in [-0.1, -0.05) is 31.9 Å². The van der Waals surface area contributed by atoms with Crippen molar-refractivity contribution in [3.05, 3.63) is 27.7 Å². The van der Waals surface area contributed by atoms with E-state index < -0.39 is 0 Å². The summed E-state index contributed by atoms with van der Waals surface area (Å²) >= 11 is 7.14. The Hall–Kier alpha value is -0.880. The number of amides is 1. The number of hydrogen-bond acceptors (Lipinski definition) is 3. The molecule has 1 amide bonds. The van der Waals surface area contributed by atoms with Crippen LogP contribution in [0.1, 0.15) is 17.5 Å². The molecule has 3 aliphatic rings. The summed E-state index contributed by atoms with van der Waals surface area (Å²) in [5, 5.41) is 3.04. The predicted molar refractivity (Wildman–Crippen MR) is 93.4 cm³/mol. The van der Waals surface area contributed by atoms with E-state index in [4.69, 9.17) is 4.74 Å². The van der Waals surface area contributed by atoms with Gasteiger partial charge in [-0.15, -0.1) is 0 Å². The molecule has 0 aromatic heterocycles. The zero-order chi connectivity index (χ0) is 16.5. The number of halogens is 2. The van der Waals surface area contributed by atoms with Crippen LogP contribution in [0.15, 0.2) is 16.6 Å². The van der Waals surface area contributed by atoms with Gasteiger partial charge in [0.05, 0.1) is 16.7 Å². The molecule has 3 fully saturated rings. The van der Waals surface area contributed by atoms with Gasteiger partial charge >= 0.3 is 5.97 Å². The lowest BCUT2D eigenvalue weighted by atomic mass is 9.79. The first-order chi connectivity index (χ1) is 10.9. The second-order valence-electron chi connectivity index (χ2n) is 6.80. The number of carbonyl (C=O) groups is 2. The fourth-order valence-electron chi connectivity index (χ4n) is 4.47. The molecule has 4 rings (SSSR count). The summed E-state index contributed by atoms with van der Waals surface area (Å²) in [6.07, 6.45) is 0.853. The van der Waals surface area contributed by atoms with E-state index in [1.165, 1.54) is 0 Å². The number of rotatable bonds is 2. The van der Waals surface area contributed by atoms with Crippen LogP contribution in [0.3, 0.4) is 0 Å². The van der Waals surface area contributed by atoms with E-state index in [1.54, 1.807) is 0 Å². The Labute approximate surface area is 151 Å². The molecular weight excluding hydrogens is 426 g/mol. The van der Waals surface area contributed by atoms with Crippen LogP contribution in [0.5, 0.6) is 0 Å². The third-order valence-corrected chi connectivity index (χ3v) is 7.86. The Morgan fingerprint density at radius 3 is 2.74 bits per heavy atom. The first kappa shape index (κ1) is 15.6. The van der Waals surface area contributed by atoms with Gasteiger partial charge in [-0.25, -0.2) is 0 Å². The van der Waals surface area contributed by atoms with Crippen molar-refractivity contribution >= 4 is 49.4 Å². The number of anilines is 1. The van der Waals surface area contributed by atoms with Crippen molar-refractivity contribution in [3.63, 3.8) is 0 Å². The highest BCUT2D eigenvalue weighted by Gasteiger charge is 2.67. The molecule has 1 aromatic carbocycles. The monoisotopic (exact) mass is 441 g/mol. The zero-order valence-corrected chi connectivity index (χ0v) is 16.0. The highest BCUT2D eigenvalue weighted by atomic mass is 79.9. The first-order valence-corrected chi connectivity index (χ1v) is 9.52. The number of esters is 1. The van der Waals surface area contributed by atoms with Crippen LogP contribution in [0.25, 0.3) is 0 Å². The van der Waals surface area contributed by atoms with Gasteiger partial charge in [-0.05, 0) is 49.4 Å². The maximum Gasteiger partial charge on any atom is 0.310 e. The number of fused-ring (bicyclic) bond motifs is 1. The van der Waals surface area contributed by atoms with Crippen molar-refractivity contribution in [1.29, 1.82) is 0 Å². The van der Waals surface area contributed by atoms with E-state index in [9.17, 15) is 9.59 Å². The zero-order valence-electron chi connectivity index (χ0n) is 12.8. The van der Waals surface area contributed by atoms with Crippen molar-refractivity contribution in [1.82, 2.24) is 0 Å². The lowest BCUT2D eigenvalue weighted by Gasteiger charge is -2.27. The van der Waals surface area contributed by atoms with Crippen molar-refractivity contribution < 1.29 is 14.3 Å². The second kappa shape index (κ2) is 5.31. The van der Waals surface area contributed by atoms with Crippen LogP contribution in [-0.2, 0) is 14.3 Å². The molecule has 1 aromatic rings. The van der Waals surface area contributed by atoms with Crippen molar-refractivity contribution in [2.45, 2.75) is 31.2 Å². The molecule has 2 saturated carbocycles. The Kier molecular flexibility index (Phi) is 3.61. The molecule has 6 atom stereocenters. The van der Waals surface area contributed by atoms with E-state index in [2.05, 4.69) is 37.2 Å². The van der Waals surface area contributed by atoms with Crippen LogP contribution in [-0.4, -0.2) is 22.8 Å². The van der Waals surface area contributed by atoms with Crippen LogP contribution in [0.2, 0.25) is 0 Å². The van der Waals surface area contributed by atoms with Crippen LogP contribution >= 0.6 is 31.9 Å². The molecule has 4 nitrogen and oxygen atoms in total. The minimum Gasteiger partial charge on any atom is -0.461 e. The van der Waals surface area contributed by atoms with Gasteiger partial charge in [-0.3, -0.25) is 9.59 Å². The van der Waals surface area contributed by atoms with Crippen LogP contribution in [0.4, 0.5) is 5.69 Å². The van der Waals surface area contributed by atoms with Gasteiger partial charge in [-0.2, -0.15) is 0 Å². The van der Waals surface area contributed by atoms with E-state index in [-0.39, 0.29) is 46.5 Å². The number of benzene rings is 1. The fourth-order valence-corrected chi connectivity index (χ4v) is 5.94. The summed E-state index contributed by atoms with van der Waals surface area (Å²) in [5.41, 5.74) is 2.96. The summed E-state index contributed by atoms with van der Waals surface area (Å²) in [4.78, 5) is 25.1. The Bertz CT molecular complexity index is 720. The third-order valence-electron chi connectivity index (χ3n) is 5.80. The van der Waals surface area contributed by atoms with Gasteiger partial charge in [0, 0.05) is 16.1 Å². The lowest BCUT2D eigenvalue weighted by molar-refractivity contribution is -0.145. The normalized spacial score (nSPS) is 37.1.